The fourth-order valence-corrected chi connectivity index (χ4v) is 1.26. The van der Waals surface area contributed by atoms with Crippen molar-refractivity contribution in [1.29, 1.82) is 0 Å². The first kappa shape index (κ1) is 12.1. The molecule has 0 atom stereocenters. The molecule has 0 saturated heterocycles. The number of amides is 1. The number of hydrogen-bond donors (Lipinski definition) is 0. The Morgan fingerprint density at radius 1 is 1.15 bits per heavy atom. The lowest BCUT2D eigenvalue weighted by molar-refractivity contribution is -0.126. The van der Waals surface area contributed by atoms with E-state index >= 15 is 0 Å². The quantitative estimate of drug-likeness (QED) is 0.486. The molecule has 0 aliphatic rings. The van der Waals surface area contributed by atoms with Crippen molar-refractivity contribution >= 4 is 11.7 Å². The highest BCUT2D eigenvalue weighted by Gasteiger charge is 2.13. The van der Waals surface area contributed by atoms with Crippen LogP contribution in [0.25, 0.3) is 0 Å². The first-order valence-corrected chi connectivity index (χ1v) is 5.04. The fraction of sp³-hybridized carbons (Fsp3) is 0.800. The summed E-state index contributed by atoms with van der Waals surface area (Å²) < 4.78 is 0. The van der Waals surface area contributed by atoms with Gasteiger partial charge in [0.2, 0.25) is 5.91 Å². The van der Waals surface area contributed by atoms with E-state index in [2.05, 4.69) is 4.99 Å². The van der Waals surface area contributed by atoms with Gasteiger partial charge in [0.1, 0.15) is 5.84 Å². The Labute approximate surface area is 80.8 Å². The Bertz CT molecular complexity index is 187. The molecule has 76 valence electrons. The number of nitrogens with zero attached hydrogens (tertiary/aromatic N) is 2. The average Bonchev–Trinajstić information content (AvgIpc) is 2.17. The van der Waals surface area contributed by atoms with Crippen molar-refractivity contribution in [2.24, 2.45) is 4.99 Å². The van der Waals surface area contributed by atoms with Gasteiger partial charge in [0, 0.05) is 25.9 Å². The molecule has 0 radical (unpaired) electrons. The van der Waals surface area contributed by atoms with Gasteiger partial charge in [-0.05, 0) is 13.8 Å². The lowest BCUT2D eigenvalue weighted by Crippen LogP contribution is -2.36. The molecule has 0 aromatic heterocycles. The van der Waals surface area contributed by atoms with E-state index in [1.165, 1.54) is 0 Å². The normalized spacial score (nSPS) is 11.5. The molecule has 0 spiro atoms. The highest BCUT2D eigenvalue weighted by molar-refractivity contribution is 5.97. The van der Waals surface area contributed by atoms with Crippen LogP contribution in [0.5, 0.6) is 0 Å². The second kappa shape index (κ2) is 6.63. The van der Waals surface area contributed by atoms with Crippen molar-refractivity contribution in [3.8, 4) is 0 Å². The molecule has 0 bridgehead atoms. The summed E-state index contributed by atoms with van der Waals surface area (Å²) in [5.41, 5.74) is 0. The first-order valence-electron chi connectivity index (χ1n) is 5.04. The van der Waals surface area contributed by atoms with Crippen LogP contribution in [0.15, 0.2) is 4.99 Å². The van der Waals surface area contributed by atoms with Crippen LogP contribution in [-0.4, -0.2) is 29.7 Å². The van der Waals surface area contributed by atoms with E-state index in [0.717, 1.165) is 25.3 Å². The second-order valence-corrected chi connectivity index (χ2v) is 2.74. The van der Waals surface area contributed by atoms with Gasteiger partial charge in [0.15, 0.2) is 0 Å². The molecule has 3 heteroatoms. The van der Waals surface area contributed by atoms with Crippen molar-refractivity contribution in [2.45, 2.75) is 40.5 Å². The first-order chi connectivity index (χ1) is 6.21. The molecule has 0 heterocycles. The number of hydrogen-bond acceptors (Lipinski definition) is 2. The van der Waals surface area contributed by atoms with Gasteiger partial charge < -0.3 is 4.90 Å². The maximum atomic E-state index is 11.5. The van der Waals surface area contributed by atoms with Crippen LogP contribution >= 0.6 is 0 Å². The minimum atomic E-state index is 0.163. The van der Waals surface area contributed by atoms with Gasteiger partial charge in [-0.15, -0.1) is 0 Å². The zero-order valence-corrected chi connectivity index (χ0v) is 9.13. The van der Waals surface area contributed by atoms with Crippen LogP contribution in [0.4, 0.5) is 0 Å². The topological polar surface area (TPSA) is 32.7 Å². The summed E-state index contributed by atoms with van der Waals surface area (Å²) in [6.45, 7) is 9.34. The van der Waals surface area contributed by atoms with Gasteiger partial charge in [-0.2, -0.15) is 0 Å². The molecule has 13 heavy (non-hydrogen) atoms. The molecule has 0 aromatic carbocycles. The highest BCUT2D eigenvalue weighted by Crippen LogP contribution is 2.00. The number of rotatable bonds is 4. The molecule has 0 aliphatic heterocycles. The summed E-state index contributed by atoms with van der Waals surface area (Å²) in [5, 5.41) is 0. The lowest BCUT2D eigenvalue weighted by Gasteiger charge is -2.21. The number of aliphatic imine (C=N–C) groups is 1. The third kappa shape index (κ3) is 3.57. The van der Waals surface area contributed by atoms with E-state index in [0.29, 0.717) is 6.42 Å². The Hall–Kier alpha value is -0.860. The van der Waals surface area contributed by atoms with Gasteiger partial charge in [0.25, 0.3) is 0 Å². The Morgan fingerprint density at radius 2 is 1.77 bits per heavy atom. The van der Waals surface area contributed by atoms with Gasteiger partial charge in [-0.3, -0.25) is 9.79 Å². The third-order valence-corrected chi connectivity index (χ3v) is 1.89. The molecule has 0 fully saturated rings. The number of carbonyl (C=O) groups is 1. The number of amidine groups is 1. The molecule has 0 unspecified atom stereocenters. The smallest absolute Gasteiger partial charge is 0.227 e. The number of carbonyl (C=O) groups excluding carboxylic acids is 1. The molecule has 0 saturated carbocycles. The predicted molar refractivity (Wildman–Crippen MR) is 55.9 cm³/mol. The van der Waals surface area contributed by atoms with E-state index < -0.39 is 0 Å². The lowest BCUT2D eigenvalue weighted by atomic mass is 10.3. The second-order valence-electron chi connectivity index (χ2n) is 2.74. The van der Waals surface area contributed by atoms with Crippen LogP contribution in [0.1, 0.15) is 40.5 Å². The van der Waals surface area contributed by atoms with E-state index in [-0.39, 0.29) is 5.91 Å². The molecule has 0 rings (SSSR count). The maximum absolute atomic E-state index is 11.5. The van der Waals surface area contributed by atoms with Crippen LogP contribution in [-0.2, 0) is 4.79 Å². The summed E-state index contributed by atoms with van der Waals surface area (Å²) in [5.74, 6) is 1.08. The predicted octanol–water partition coefficient (Wildman–Crippen LogP) is 2.07. The standard InChI is InChI=1S/C10H20N2O/c1-5-9(11-7-3)12(8-4)10(13)6-2/h5-8H2,1-4H3. The average molecular weight is 184 g/mol. The summed E-state index contributed by atoms with van der Waals surface area (Å²) >= 11 is 0. The fourth-order valence-electron chi connectivity index (χ4n) is 1.26. The Morgan fingerprint density at radius 3 is 2.08 bits per heavy atom. The third-order valence-electron chi connectivity index (χ3n) is 1.89. The van der Waals surface area contributed by atoms with Crippen LogP contribution < -0.4 is 0 Å². The molecule has 1 amide bonds. The SMILES string of the molecule is CCN=C(CC)N(CC)C(=O)CC. The van der Waals surface area contributed by atoms with Gasteiger partial charge in [-0.1, -0.05) is 13.8 Å². The van der Waals surface area contributed by atoms with Gasteiger partial charge >= 0.3 is 0 Å². The van der Waals surface area contributed by atoms with Crippen molar-refractivity contribution < 1.29 is 4.79 Å². The zero-order chi connectivity index (χ0) is 10.3. The summed E-state index contributed by atoms with van der Waals surface area (Å²) in [6.07, 6.45) is 1.38. The van der Waals surface area contributed by atoms with E-state index in [9.17, 15) is 4.79 Å². The Balaban J connectivity index is 4.52. The van der Waals surface area contributed by atoms with Crippen molar-refractivity contribution in [3.05, 3.63) is 0 Å². The molecule has 0 aliphatic carbocycles. The van der Waals surface area contributed by atoms with Crippen molar-refractivity contribution in [3.63, 3.8) is 0 Å². The molecule has 0 aromatic rings. The maximum Gasteiger partial charge on any atom is 0.227 e. The molecule has 3 nitrogen and oxygen atoms in total. The molecular weight excluding hydrogens is 164 g/mol. The van der Waals surface area contributed by atoms with E-state index in [1.54, 1.807) is 4.90 Å². The van der Waals surface area contributed by atoms with Crippen LogP contribution in [0, 0.1) is 0 Å². The van der Waals surface area contributed by atoms with Crippen LogP contribution in [0.2, 0.25) is 0 Å². The molecular formula is C10H20N2O. The summed E-state index contributed by atoms with van der Waals surface area (Å²) in [4.78, 5) is 17.5. The van der Waals surface area contributed by atoms with Crippen LogP contribution in [0.3, 0.4) is 0 Å². The minimum absolute atomic E-state index is 0.163. The van der Waals surface area contributed by atoms with Gasteiger partial charge in [0.05, 0.1) is 0 Å². The summed E-state index contributed by atoms with van der Waals surface area (Å²) in [6, 6.07) is 0. The minimum Gasteiger partial charge on any atom is -0.301 e. The zero-order valence-electron chi connectivity index (χ0n) is 9.13. The Kier molecular flexibility index (Phi) is 6.20. The monoisotopic (exact) mass is 184 g/mol. The van der Waals surface area contributed by atoms with Crippen molar-refractivity contribution in [1.82, 2.24) is 4.90 Å². The van der Waals surface area contributed by atoms with Crippen molar-refractivity contribution in [2.75, 3.05) is 13.1 Å². The van der Waals surface area contributed by atoms with E-state index in [1.807, 2.05) is 27.7 Å². The summed E-state index contributed by atoms with van der Waals surface area (Å²) in [7, 11) is 0. The largest absolute Gasteiger partial charge is 0.301 e. The molecule has 0 N–H and O–H groups in total. The van der Waals surface area contributed by atoms with E-state index in [4.69, 9.17) is 0 Å². The van der Waals surface area contributed by atoms with Gasteiger partial charge in [-0.25, -0.2) is 0 Å². The highest BCUT2D eigenvalue weighted by atomic mass is 16.2.